The minimum atomic E-state index is -0.154. The summed E-state index contributed by atoms with van der Waals surface area (Å²) in [6, 6.07) is 15.5. The standard InChI is InChI=1S/C19H15N3O2S/c1-11-17(21-22-19(24)25-11)13-7-8-16-14(10-13)15(18(23)20-16)9-12-5-3-2-4-6-12/h2-11H,1H3,(H,20,23)(H,22,24)/b15-9-. The number of benzene rings is 2. The van der Waals surface area contributed by atoms with E-state index in [1.165, 1.54) is 11.8 Å². The van der Waals surface area contributed by atoms with Crippen molar-refractivity contribution < 1.29 is 9.59 Å². The van der Waals surface area contributed by atoms with Gasteiger partial charge in [0.15, 0.2) is 0 Å². The minimum absolute atomic E-state index is 0.0431. The fraction of sp³-hybridized carbons (Fsp3) is 0.105. The second-order valence-corrected chi connectivity index (χ2v) is 7.15. The molecular weight excluding hydrogens is 334 g/mol. The Morgan fingerprint density at radius 3 is 2.68 bits per heavy atom. The number of hydrogen-bond donors (Lipinski definition) is 2. The number of rotatable bonds is 2. The van der Waals surface area contributed by atoms with Crippen molar-refractivity contribution >= 4 is 46.0 Å². The van der Waals surface area contributed by atoms with Crippen LogP contribution in [0.15, 0.2) is 53.6 Å². The van der Waals surface area contributed by atoms with Crippen LogP contribution in [0.4, 0.5) is 10.5 Å². The fourth-order valence-corrected chi connectivity index (χ4v) is 3.67. The monoisotopic (exact) mass is 349 g/mol. The summed E-state index contributed by atoms with van der Waals surface area (Å²) in [5.74, 6) is -0.114. The third kappa shape index (κ3) is 2.96. The highest BCUT2D eigenvalue weighted by Gasteiger charge is 2.27. The Morgan fingerprint density at radius 2 is 1.92 bits per heavy atom. The highest BCUT2D eigenvalue weighted by molar-refractivity contribution is 8.14. The number of fused-ring (bicyclic) bond motifs is 1. The summed E-state index contributed by atoms with van der Waals surface area (Å²) in [7, 11) is 0. The summed E-state index contributed by atoms with van der Waals surface area (Å²) < 4.78 is 0. The van der Waals surface area contributed by atoms with Crippen molar-refractivity contribution in [3.05, 3.63) is 65.2 Å². The average Bonchev–Trinajstić information content (AvgIpc) is 2.91. The lowest BCUT2D eigenvalue weighted by Gasteiger charge is -2.18. The van der Waals surface area contributed by atoms with E-state index in [4.69, 9.17) is 0 Å². The summed E-state index contributed by atoms with van der Waals surface area (Å²) in [5, 5.41) is 6.88. The third-order valence-electron chi connectivity index (χ3n) is 4.15. The molecule has 0 aromatic heterocycles. The zero-order valence-electron chi connectivity index (χ0n) is 13.4. The lowest BCUT2D eigenvalue weighted by Crippen LogP contribution is -2.29. The van der Waals surface area contributed by atoms with E-state index >= 15 is 0 Å². The molecule has 0 bridgehead atoms. The van der Waals surface area contributed by atoms with Gasteiger partial charge in [0.25, 0.3) is 11.1 Å². The second-order valence-electron chi connectivity index (χ2n) is 5.84. The molecule has 2 N–H and O–H groups in total. The largest absolute Gasteiger partial charge is 0.321 e. The molecule has 0 saturated carbocycles. The maximum absolute atomic E-state index is 12.4. The number of hydrogen-bond acceptors (Lipinski definition) is 4. The first-order chi connectivity index (χ1) is 12.1. The van der Waals surface area contributed by atoms with Crippen molar-refractivity contribution in [2.45, 2.75) is 12.2 Å². The summed E-state index contributed by atoms with van der Waals surface area (Å²) in [6.45, 7) is 1.94. The minimum Gasteiger partial charge on any atom is -0.321 e. The molecule has 2 aromatic carbocycles. The lowest BCUT2D eigenvalue weighted by molar-refractivity contribution is -0.110. The van der Waals surface area contributed by atoms with Gasteiger partial charge in [0.05, 0.1) is 11.0 Å². The van der Waals surface area contributed by atoms with Crippen LogP contribution in [-0.2, 0) is 4.79 Å². The number of hydrazone groups is 1. The fourth-order valence-electron chi connectivity index (χ4n) is 2.95. The number of amides is 2. The Kier molecular flexibility index (Phi) is 3.89. The van der Waals surface area contributed by atoms with Gasteiger partial charge >= 0.3 is 0 Å². The van der Waals surface area contributed by atoms with Crippen molar-refractivity contribution in [2.24, 2.45) is 5.10 Å². The van der Waals surface area contributed by atoms with Crippen LogP contribution < -0.4 is 10.7 Å². The number of anilines is 1. The number of nitrogens with zero attached hydrogens (tertiary/aromatic N) is 1. The molecular formula is C19H15N3O2S. The van der Waals surface area contributed by atoms with E-state index in [1.807, 2.05) is 61.5 Å². The number of thioether (sulfide) groups is 1. The normalized spacial score (nSPS) is 20.8. The van der Waals surface area contributed by atoms with Crippen LogP contribution in [0.1, 0.15) is 23.6 Å². The Hall–Kier alpha value is -2.86. The first-order valence-electron chi connectivity index (χ1n) is 7.89. The first-order valence-corrected chi connectivity index (χ1v) is 8.77. The summed E-state index contributed by atoms with van der Waals surface area (Å²) in [5.41, 5.74) is 7.43. The van der Waals surface area contributed by atoms with E-state index < -0.39 is 0 Å². The molecule has 0 spiro atoms. The van der Waals surface area contributed by atoms with Crippen molar-refractivity contribution in [3.63, 3.8) is 0 Å². The average molecular weight is 349 g/mol. The van der Waals surface area contributed by atoms with E-state index in [0.717, 1.165) is 28.1 Å². The molecule has 5 nitrogen and oxygen atoms in total. The molecule has 2 heterocycles. The van der Waals surface area contributed by atoms with Crippen LogP contribution in [-0.4, -0.2) is 22.1 Å². The van der Waals surface area contributed by atoms with Crippen LogP contribution in [0.3, 0.4) is 0 Å². The molecule has 0 fully saturated rings. The van der Waals surface area contributed by atoms with Gasteiger partial charge in [0.1, 0.15) is 0 Å². The van der Waals surface area contributed by atoms with Crippen LogP contribution in [0.5, 0.6) is 0 Å². The maximum Gasteiger partial charge on any atom is 0.299 e. The Balaban J connectivity index is 1.76. The molecule has 4 rings (SSSR count). The van der Waals surface area contributed by atoms with E-state index in [-0.39, 0.29) is 16.4 Å². The molecule has 25 heavy (non-hydrogen) atoms. The number of carbonyl (C=O) groups is 2. The molecule has 0 radical (unpaired) electrons. The van der Waals surface area contributed by atoms with E-state index in [9.17, 15) is 9.59 Å². The van der Waals surface area contributed by atoms with Gasteiger partial charge in [-0.05, 0) is 36.3 Å². The number of nitrogens with one attached hydrogen (secondary N) is 2. The van der Waals surface area contributed by atoms with E-state index in [0.29, 0.717) is 5.57 Å². The van der Waals surface area contributed by atoms with Crippen molar-refractivity contribution in [2.75, 3.05) is 5.32 Å². The molecule has 2 aromatic rings. The first kappa shape index (κ1) is 15.7. The molecule has 6 heteroatoms. The predicted octanol–water partition coefficient (Wildman–Crippen LogP) is 3.73. The quantitative estimate of drug-likeness (QED) is 0.812. The zero-order chi connectivity index (χ0) is 17.4. The van der Waals surface area contributed by atoms with Gasteiger partial charge in [0, 0.05) is 16.8 Å². The molecule has 2 aliphatic heterocycles. The summed E-state index contributed by atoms with van der Waals surface area (Å²) >= 11 is 1.20. The Bertz CT molecular complexity index is 935. The van der Waals surface area contributed by atoms with Crippen LogP contribution in [0.2, 0.25) is 0 Å². The molecule has 2 aliphatic rings. The Labute approximate surface area is 149 Å². The third-order valence-corrected chi connectivity index (χ3v) is 5.03. The maximum atomic E-state index is 12.4. The van der Waals surface area contributed by atoms with Gasteiger partial charge in [-0.25, -0.2) is 5.43 Å². The van der Waals surface area contributed by atoms with Crippen LogP contribution in [0, 0.1) is 0 Å². The molecule has 124 valence electrons. The Morgan fingerprint density at radius 1 is 1.12 bits per heavy atom. The molecule has 0 saturated heterocycles. The van der Waals surface area contributed by atoms with Crippen molar-refractivity contribution in [1.82, 2.24) is 5.43 Å². The number of carbonyl (C=O) groups excluding carboxylic acids is 2. The van der Waals surface area contributed by atoms with E-state index in [2.05, 4.69) is 15.8 Å². The van der Waals surface area contributed by atoms with Crippen LogP contribution in [0.25, 0.3) is 11.6 Å². The van der Waals surface area contributed by atoms with Gasteiger partial charge in [-0.1, -0.05) is 48.2 Å². The van der Waals surface area contributed by atoms with Crippen molar-refractivity contribution in [3.8, 4) is 0 Å². The molecule has 1 atom stereocenters. The van der Waals surface area contributed by atoms with Crippen molar-refractivity contribution in [1.29, 1.82) is 0 Å². The van der Waals surface area contributed by atoms with Gasteiger partial charge in [-0.3, -0.25) is 9.59 Å². The lowest BCUT2D eigenvalue weighted by atomic mass is 9.99. The highest BCUT2D eigenvalue weighted by Crippen LogP contribution is 2.35. The van der Waals surface area contributed by atoms with Gasteiger partial charge < -0.3 is 5.32 Å². The van der Waals surface area contributed by atoms with Crippen LogP contribution >= 0.6 is 11.8 Å². The predicted molar refractivity (Wildman–Crippen MR) is 102 cm³/mol. The molecule has 1 unspecified atom stereocenters. The van der Waals surface area contributed by atoms with Gasteiger partial charge in [-0.2, -0.15) is 5.10 Å². The SMILES string of the molecule is CC1SC(=O)NN=C1c1ccc2c(c1)/C(=C/c1ccccc1)C(=O)N2. The second kappa shape index (κ2) is 6.22. The van der Waals surface area contributed by atoms with Gasteiger partial charge in [-0.15, -0.1) is 0 Å². The van der Waals surface area contributed by atoms with Gasteiger partial charge in [0.2, 0.25) is 0 Å². The molecule has 0 aliphatic carbocycles. The highest BCUT2D eigenvalue weighted by atomic mass is 32.2. The summed E-state index contributed by atoms with van der Waals surface area (Å²) in [4.78, 5) is 23.8. The summed E-state index contributed by atoms with van der Waals surface area (Å²) in [6.07, 6.45) is 1.88. The zero-order valence-corrected chi connectivity index (χ0v) is 14.3. The topological polar surface area (TPSA) is 70.6 Å². The smallest absolute Gasteiger partial charge is 0.299 e. The molecule has 2 amide bonds. The van der Waals surface area contributed by atoms with E-state index in [1.54, 1.807) is 0 Å².